The lowest BCUT2D eigenvalue weighted by molar-refractivity contribution is -0.136. The monoisotopic (exact) mass is 236 g/mol. The molecule has 4 nitrogen and oxygen atoms in total. The van der Waals surface area contributed by atoms with E-state index >= 15 is 0 Å². The summed E-state index contributed by atoms with van der Waals surface area (Å²) in [5, 5.41) is 8.19. The number of carboxylic acid groups (broad SMARTS) is 1. The van der Waals surface area contributed by atoms with E-state index in [0.29, 0.717) is 0 Å². The summed E-state index contributed by atoms with van der Waals surface area (Å²) in [5.74, 6) is -1.57. The van der Waals surface area contributed by atoms with E-state index in [4.69, 9.17) is 22.4 Å². The number of aromatic nitrogens is 1. The van der Waals surface area contributed by atoms with Gasteiger partial charge in [-0.3, -0.25) is 4.79 Å². The number of carbonyl (C=O) groups is 1. The van der Waals surface area contributed by atoms with Gasteiger partial charge >= 0.3 is 5.97 Å². The first-order valence-corrected chi connectivity index (χ1v) is 4.24. The molecule has 1 aromatic rings. The Balaban J connectivity index is 3.13. The number of carboxylic acids is 1. The van der Waals surface area contributed by atoms with Crippen LogP contribution in [0.3, 0.4) is 0 Å². The molecule has 0 atom stereocenters. The summed E-state index contributed by atoms with van der Waals surface area (Å²) in [5.41, 5.74) is 4.72. The number of rotatable bonds is 3. The Morgan fingerprint density at radius 3 is 2.67 bits per heavy atom. The van der Waals surface area contributed by atoms with Crippen molar-refractivity contribution in [3.05, 3.63) is 22.3 Å². The molecule has 0 radical (unpaired) electrons. The average Bonchev–Trinajstić information content (AvgIpc) is 1.99. The van der Waals surface area contributed by atoms with Gasteiger partial charge in [0.15, 0.2) is 0 Å². The second-order valence-corrected chi connectivity index (χ2v) is 3.17. The SMILES string of the molecule is Nc1nc(CC(=O)O)cc(Cl)c1C(F)F. The van der Waals surface area contributed by atoms with E-state index in [1.165, 1.54) is 0 Å². The second kappa shape index (κ2) is 4.39. The maximum atomic E-state index is 12.4. The predicted octanol–water partition coefficient (Wildman–Crippen LogP) is 1.88. The van der Waals surface area contributed by atoms with Crippen LogP contribution in [0.25, 0.3) is 0 Å². The third kappa shape index (κ3) is 2.76. The number of hydrogen-bond donors (Lipinski definition) is 2. The minimum absolute atomic E-state index is 0.0504. The number of pyridine rings is 1. The first-order chi connectivity index (χ1) is 6.91. The van der Waals surface area contributed by atoms with Crippen LogP contribution in [0.15, 0.2) is 6.07 Å². The highest BCUT2D eigenvalue weighted by atomic mass is 35.5. The molecular weight excluding hydrogens is 230 g/mol. The number of nitrogens with two attached hydrogens (primary N) is 1. The Hall–Kier alpha value is -1.43. The third-order valence-electron chi connectivity index (χ3n) is 1.64. The zero-order chi connectivity index (χ0) is 11.6. The number of halogens is 3. The molecule has 0 saturated carbocycles. The number of alkyl halides is 2. The molecule has 0 fully saturated rings. The van der Waals surface area contributed by atoms with Crippen LogP contribution < -0.4 is 5.73 Å². The third-order valence-corrected chi connectivity index (χ3v) is 1.95. The number of aliphatic carboxylic acids is 1. The highest BCUT2D eigenvalue weighted by Crippen LogP contribution is 2.31. The summed E-state index contributed by atoms with van der Waals surface area (Å²) >= 11 is 5.52. The summed E-state index contributed by atoms with van der Waals surface area (Å²) < 4.78 is 24.7. The topological polar surface area (TPSA) is 76.2 Å². The Kier molecular flexibility index (Phi) is 3.41. The average molecular weight is 237 g/mol. The second-order valence-electron chi connectivity index (χ2n) is 2.77. The van der Waals surface area contributed by atoms with Gasteiger partial charge in [0.05, 0.1) is 22.7 Å². The quantitative estimate of drug-likeness (QED) is 0.840. The molecule has 0 spiro atoms. The highest BCUT2D eigenvalue weighted by Gasteiger charge is 2.18. The predicted molar refractivity (Wildman–Crippen MR) is 50.0 cm³/mol. The highest BCUT2D eigenvalue weighted by molar-refractivity contribution is 6.31. The van der Waals surface area contributed by atoms with Crippen molar-refractivity contribution in [1.82, 2.24) is 4.98 Å². The zero-order valence-electron chi connectivity index (χ0n) is 7.38. The minimum Gasteiger partial charge on any atom is -0.481 e. The summed E-state index contributed by atoms with van der Waals surface area (Å²) in [6.07, 6.45) is -3.24. The standard InChI is InChI=1S/C8H7ClF2N2O2/c9-4-1-3(2-5(14)15)13-8(12)6(4)7(10)11/h1,7H,2H2,(H2,12,13)(H,14,15). The molecule has 1 rings (SSSR count). The van der Waals surface area contributed by atoms with Crippen LogP contribution in [-0.2, 0) is 11.2 Å². The van der Waals surface area contributed by atoms with Crippen molar-refractivity contribution >= 4 is 23.4 Å². The molecule has 15 heavy (non-hydrogen) atoms. The van der Waals surface area contributed by atoms with Gasteiger partial charge in [-0.15, -0.1) is 0 Å². The molecule has 1 aromatic heterocycles. The Morgan fingerprint density at radius 2 is 2.27 bits per heavy atom. The largest absolute Gasteiger partial charge is 0.481 e. The Bertz CT molecular complexity index is 375. The van der Waals surface area contributed by atoms with Crippen LogP contribution >= 0.6 is 11.6 Å². The summed E-state index contributed by atoms with van der Waals surface area (Å²) in [4.78, 5) is 13.9. The minimum atomic E-state index is -2.83. The maximum Gasteiger partial charge on any atom is 0.309 e. The summed E-state index contributed by atoms with van der Waals surface area (Å²) in [6.45, 7) is 0. The maximum absolute atomic E-state index is 12.4. The molecule has 0 saturated heterocycles. The van der Waals surface area contributed by atoms with Gasteiger partial charge in [0.2, 0.25) is 0 Å². The van der Waals surface area contributed by atoms with Crippen LogP contribution in [0.5, 0.6) is 0 Å². The van der Waals surface area contributed by atoms with Gasteiger partial charge in [-0.1, -0.05) is 11.6 Å². The normalized spacial score (nSPS) is 10.7. The van der Waals surface area contributed by atoms with Crippen molar-refractivity contribution in [3.63, 3.8) is 0 Å². The van der Waals surface area contributed by atoms with Crippen LogP contribution in [0.4, 0.5) is 14.6 Å². The van der Waals surface area contributed by atoms with Crippen molar-refractivity contribution in [2.24, 2.45) is 0 Å². The molecule has 0 aromatic carbocycles. The Labute approximate surface area is 88.7 Å². The lowest BCUT2D eigenvalue weighted by atomic mass is 10.2. The van der Waals surface area contributed by atoms with E-state index in [1.807, 2.05) is 0 Å². The lowest BCUT2D eigenvalue weighted by Gasteiger charge is -2.07. The van der Waals surface area contributed by atoms with Crippen molar-refractivity contribution in [1.29, 1.82) is 0 Å². The molecule has 0 aliphatic heterocycles. The first-order valence-electron chi connectivity index (χ1n) is 3.86. The molecule has 82 valence electrons. The van der Waals surface area contributed by atoms with E-state index in [2.05, 4.69) is 4.98 Å². The van der Waals surface area contributed by atoms with Crippen LogP contribution in [0, 0.1) is 0 Å². The number of hydrogen-bond acceptors (Lipinski definition) is 3. The fourth-order valence-electron chi connectivity index (χ4n) is 1.06. The van der Waals surface area contributed by atoms with Crippen molar-refractivity contribution < 1.29 is 18.7 Å². The van der Waals surface area contributed by atoms with Crippen molar-refractivity contribution in [3.8, 4) is 0 Å². The van der Waals surface area contributed by atoms with Crippen LogP contribution in [0.1, 0.15) is 17.7 Å². The number of nitrogen functional groups attached to an aromatic ring is 1. The van der Waals surface area contributed by atoms with Gasteiger partial charge in [-0.25, -0.2) is 13.8 Å². The molecule has 0 aliphatic carbocycles. The lowest BCUT2D eigenvalue weighted by Crippen LogP contribution is -2.07. The molecular formula is C8H7ClF2N2O2. The molecule has 1 heterocycles. The molecule has 0 amide bonds. The van der Waals surface area contributed by atoms with Gasteiger partial charge in [0.1, 0.15) is 5.82 Å². The molecule has 0 unspecified atom stereocenters. The zero-order valence-corrected chi connectivity index (χ0v) is 8.13. The first kappa shape index (κ1) is 11.6. The van der Waals surface area contributed by atoms with Crippen LogP contribution in [-0.4, -0.2) is 16.1 Å². The molecule has 0 bridgehead atoms. The molecule has 0 aliphatic rings. The molecule has 3 N–H and O–H groups in total. The van der Waals surface area contributed by atoms with Crippen molar-refractivity contribution in [2.45, 2.75) is 12.8 Å². The fraction of sp³-hybridized carbons (Fsp3) is 0.250. The van der Waals surface area contributed by atoms with E-state index < -0.39 is 30.2 Å². The van der Waals surface area contributed by atoms with Gasteiger partial charge in [-0.2, -0.15) is 0 Å². The van der Waals surface area contributed by atoms with Crippen molar-refractivity contribution in [2.75, 3.05) is 5.73 Å². The van der Waals surface area contributed by atoms with Crippen LogP contribution in [0.2, 0.25) is 5.02 Å². The van der Waals surface area contributed by atoms with Gasteiger partial charge in [-0.05, 0) is 6.07 Å². The van der Waals surface area contributed by atoms with Gasteiger partial charge in [0.25, 0.3) is 6.43 Å². The molecule has 7 heteroatoms. The van der Waals surface area contributed by atoms with E-state index in [0.717, 1.165) is 6.07 Å². The summed E-state index contributed by atoms with van der Waals surface area (Å²) in [7, 11) is 0. The van der Waals surface area contributed by atoms with E-state index in [1.54, 1.807) is 0 Å². The smallest absolute Gasteiger partial charge is 0.309 e. The fourth-order valence-corrected chi connectivity index (χ4v) is 1.36. The van der Waals surface area contributed by atoms with Gasteiger partial charge in [0, 0.05) is 0 Å². The number of anilines is 1. The van der Waals surface area contributed by atoms with E-state index in [-0.39, 0.29) is 10.7 Å². The number of nitrogens with zero attached hydrogens (tertiary/aromatic N) is 1. The van der Waals surface area contributed by atoms with Gasteiger partial charge < -0.3 is 10.8 Å². The van der Waals surface area contributed by atoms with E-state index in [9.17, 15) is 13.6 Å². The Morgan fingerprint density at radius 1 is 1.67 bits per heavy atom. The summed E-state index contributed by atoms with van der Waals surface area (Å²) in [6, 6.07) is 1.08.